The summed E-state index contributed by atoms with van der Waals surface area (Å²) in [5.74, 6) is 0.498. The maximum atomic E-state index is 13.0. The molecule has 1 heterocycles. The molecule has 0 radical (unpaired) electrons. The Kier molecular flexibility index (Phi) is 6.76. The third-order valence-electron chi connectivity index (χ3n) is 4.71. The Morgan fingerprint density at radius 2 is 1.61 bits per heavy atom. The molecule has 0 spiro atoms. The summed E-state index contributed by atoms with van der Waals surface area (Å²) in [5.41, 5.74) is 1.77. The van der Waals surface area contributed by atoms with Gasteiger partial charge in [-0.25, -0.2) is 8.42 Å². The molecule has 0 aliphatic heterocycles. The number of hydrogen-bond acceptors (Lipinski definition) is 6. The molecule has 0 fully saturated rings. The van der Waals surface area contributed by atoms with E-state index < -0.39 is 10.0 Å². The molecule has 0 aliphatic carbocycles. The fourth-order valence-electron chi connectivity index (χ4n) is 2.88. The Bertz CT molecular complexity index is 1150. The van der Waals surface area contributed by atoms with E-state index in [1.165, 1.54) is 39.5 Å². The van der Waals surface area contributed by atoms with Crippen LogP contribution >= 0.6 is 0 Å². The van der Waals surface area contributed by atoms with Gasteiger partial charge in [0.2, 0.25) is 0 Å². The minimum Gasteiger partial charge on any atom is -0.493 e. The number of nitrogens with one attached hydrogen (secondary N) is 1. The van der Waals surface area contributed by atoms with E-state index in [0.29, 0.717) is 29.3 Å². The lowest BCUT2D eigenvalue weighted by Gasteiger charge is -2.20. The van der Waals surface area contributed by atoms with Crippen molar-refractivity contribution in [2.75, 3.05) is 25.6 Å². The van der Waals surface area contributed by atoms with Crippen molar-refractivity contribution in [1.29, 1.82) is 0 Å². The molecule has 0 saturated carbocycles. The van der Waals surface area contributed by atoms with Gasteiger partial charge in [0.25, 0.3) is 15.9 Å². The van der Waals surface area contributed by atoms with Crippen LogP contribution in [0.4, 0.5) is 5.69 Å². The highest BCUT2D eigenvalue weighted by Gasteiger charge is 2.23. The summed E-state index contributed by atoms with van der Waals surface area (Å²) in [6.07, 6.45) is 3.32. The van der Waals surface area contributed by atoms with Gasteiger partial charge >= 0.3 is 0 Å². The molecule has 1 aromatic heterocycles. The number of carbonyl (C=O) groups is 1. The zero-order chi connectivity index (χ0) is 22.4. The number of benzene rings is 2. The number of rotatable bonds is 8. The third kappa shape index (κ3) is 4.95. The topological polar surface area (TPSA) is 97.8 Å². The smallest absolute Gasteiger partial charge is 0.264 e. The van der Waals surface area contributed by atoms with Crippen LogP contribution in [0.25, 0.3) is 0 Å². The zero-order valence-electron chi connectivity index (χ0n) is 17.4. The second-order valence-electron chi connectivity index (χ2n) is 6.57. The summed E-state index contributed by atoms with van der Waals surface area (Å²) in [6.45, 7) is 0.372. The standard InChI is InChI=1S/C22H23N3O5S/c1-25(31(27,28)19-8-9-20(29-2)21(14-19)30-3)18-6-4-17(5-7-18)22(26)24-15-16-10-12-23-13-11-16/h4-14H,15H2,1-3H3,(H,24,26). The normalized spacial score (nSPS) is 10.9. The Morgan fingerprint density at radius 3 is 2.23 bits per heavy atom. The molecule has 3 rings (SSSR count). The van der Waals surface area contributed by atoms with E-state index in [2.05, 4.69) is 10.3 Å². The minimum absolute atomic E-state index is 0.0619. The maximum absolute atomic E-state index is 13.0. The van der Waals surface area contributed by atoms with Gasteiger partial charge in [-0.1, -0.05) is 0 Å². The highest BCUT2D eigenvalue weighted by Crippen LogP contribution is 2.31. The van der Waals surface area contributed by atoms with Crippen molar-refractivity contribution >= 4 is 21.6 Å². The van der Waals surface area contributed by atoms with E-state index in [9.17, 15) is 13.2 Å². The maximum Gasteiger partial charge on any atom is 0.264 e. The summed E-state index contributed by atoms with van der Waals surface area (Å²) in [4.78, 5) is 16.4. The molecule has 1 N–H and O–H groups in total. The molecule has 31 heavy (non-hydrogen) atoms. The number of hydrogen-bond donors (Lipinski definition) is 1. The molecule has 0 bridgehead atoms. The largest absolute Gasteiger partial charge is 0.493 e. The molecule has 3 aromatic rings. The first kappa shape index (κ1) is 22.1. The van der Waals surface area contributed by atoms with E-state index in [1.54, 1.807) is 36.7 Å². The van der Waals surface area contributed by atoms with Crippen LogP contribution in [0.3, 0.4) is 0 Å². The summed E-state index contributed by atoms with van der Waals surface area (Å²) in [7, 11) is 0.531. The average Bonchev–Trinajstić information content (AvgIpc) is 2.82. The van der Waals surface area contributed by atoms with Crippen LogP contribution in [0, 0.1) is 0 Å². The molecule has 0 atom stereocenters. The van der Waals surface area contributed by atoms with Crippen LogP contribution in [0.2, 0.25) is 0 Å². The van der Waals surface area contributed by atoms with Gasteiger partial charge in [0, 0.05) is 37.6 Å². The van der Waals surface area contributed by atoms with Crippen molar-refractivity contribution in [2.24, 2.45) is 0 Å². The highest BCUT2D eigenvalue weighted by atomic mass is 32.2. The van der Waals surface area contributed by atoms with Gasteiger partial charge in [-0.15, -0.1) is 0 Å². The number of aromatic nitrogens is 1. The van der Waals surface area contributed by atoms with Crippen LogP contribution in [0.1, 0.15) is 15.9 Å². The van der Waals surface area contributed by atoms with E-state index in [4.69, 9.17) is 9.47 Å². The lowest BCUT2D eigenvalue weighted by molar-refractivity contribution is 0.0951. The molecule has 162 valence electrons. The number of methoxy groups -OCH3 is 2. The Labute approximate surface area is 181 Å². The molecule has 1 amide bonds. The minimum atomic E-state index is -3.84. The second-order valence-corrected chi connectivity index (χ2v) is 8.54. The zero-order valence-corrected chi connectivity index (χ0v) is 18.2. The molecular weight excluding hydrogens is 418 g/mol. The van der Waals surface area contributed by atoms with Gasteiger partial charge < -0.3 is 14.8 Å². The number of nitrogens with zero attached hydrogens (tertiary/aromatic N) is 2. The van der Waals surface area contributed by atoms with Crippen molar-refractivity contribution in [3.8, 4) is 11.5 Å². The Morgan fingerprint density at radius 1 is 0.968 bits per heavy atom. The van der Waals surface area contributed by atoms with Crippen molar-refractivity contribution in [3.63, 3.8) is 0 Å². The molecule has 0 saturated heterocycles. The van der Waals surface area contributed by atoms with Gasteiger partial charge in [0.15, 0.2) is 11.5 Å². The summed E-state index contributed by atoms with van der Waals surface area (Å²) in [6, 6.07) is 14.4. The quantitative estimate of drug-likeness (QED) is 0.577. The lowest BCUT2D eigenvalue weighted by Crippen LogP contribution is -2.27. The van der Waals surface area contributed by atoms with Crippen molar-refractivity contribution in [3.05, 3.63) is 78.1 Å². The van der Waals surface area contributed by atoms with Crippen LogP contribution in [0.15, 0.2) is 71.9 Å². The van der Waals surface area contributed by atoms with Crippen LogP contribution < -0.4 is 19.1 Å². The monoisotopic (exact) mass is 441 g/mol. The summed E-state index contributed by atoms with van der Waals surface area (Å²) < 4.78 is 37.6. The highest BCUT2D eigenvalue weighted by molar-refractivity contribution is 7.92. The predicted octanol–water partition coefficient (Wildman–Crippen LogP) is 2.85. The van der Waals surface area contributed by atoms with Gasteiger partial charge in [0.05, 0.1) is 24.8 Å². The van der Waals surface area contributed by atoms with E-state index in [0.717, 1.165) is 9.87 Å². The van der Waals surface area contributed by atoms with E-state index in [1.807, 2.05) is 12.1 Å². The number of pyridine rings is 1. The average molecular weight is 442 g/mol. The molecule has 9 heteroatoms. The SMILES string of the molecule is COc1ccc(S(=O)(=O)N(C)c2ccc(C(=O)NCc3ccncc3)cc2)cc1OC. The second kappa shape index (κ2) is 9.48. The Hall–Kier alpha value is -3.59. The van der Waals surface area contributed by atoms with Crippen LogP contribution in [0.5, 0.6) is 11.5 Å². The lowest BCUT2D eigenvalue weighted by atomic mass is 10.2. The van der Waals surface area contributed by atoms with Crippen LogP contribution in [-0.2, 0) is 16.6 Å². The van der Waals surface area contributed by atoms with E-state index in [-0.39, 0.29) is 10.8 Å². The van der Waals surface area contributed by atoms with Gasteiger partial charge in [-0.3, -0.25) is 14.1 Å². The van der Waals surface area contributed by atoms with Gasteiger partial charge in [-0.05, 0) is 54.1 Å². The van der Waals surface area contributed by atoms with Crippen LogP contribution in [-0.4, -0.2) is 40.6 Å². The molecular formula is C22H23N3O5S. The summed E-state index contributed by atoms with van der Waals surface area (Å²) in [5, 5.41) is 2.82. The first-order chi connectivity index (χ1) is 14.9. The van der Waals surface area contributed by atoms with Gasteiger partial charge in [0.1, 0.15) is 0 Å². The third-order valence-corrected chi connectivity index (χ3v) is 6.49. The molecule has 0 unspecified atom stereocenters. The summed E-state index contributed by atoms with van der Waals surface area (Å²) >= 11 is 0. The number of sulfonamides is 1. The molecule has 0 aliphatic rings. The first-order valence-corrected chi connectivity index (χ1v) is 10.8. The van der Waals surface area contributed by atoms with E-state index >= 15 is 0 Å². The molecule has 2 aromatic carbocycles. The van der Waals surface area contributed by atoms with Crippen molar-refractivity contribution in [1.82, 2.24) is 10.3 Å². The number of carbonyl (C=O) groups excluding carboxylic acids is 1. The fraction of sp³-hybridized carbons (Fsp3) is 0.182. The number of amides is 1. The van der Waals surface area contributed by atoms with Crippen molar-refractivity contribution in [2.45, 2.75) is 11.4 Å². The van der Waals surface area contributed by atoms with Crippen molar-refractivity contribution < 1.29 is 22.7 Å². The fourth-order valence-corrected chi connectivity index (χ4v) is 4.09. The predicted molar refractivity (Wildman–Crippen MR) is 117 cm³/mol. The number of anilines is 1. The first-order valence-electron chi connectivity index (χ1n) is 9.35. The number of ether oxygens (including phenoxy) is 2. The Balaban J connectivity index is 1.74. The van der Waals surface area contributed by atoms with Gasteiger partial charge in [-0.2, -0.15) is 0 Å². The molecule has 8 nitrogen and oxygen atoms in total.